The van der Waals surface area contributed by atoms with Crippen LogP contribution in [0.2, 0.25) is 0 Å². The molecule has 174 valence electrons. The summed E-state index contributed by atoms with van der Waals surface area (Å²) in [4.78, 5) is 11.4. The van der Waals surface area contributed by atoms with Crippen LogP contribution in [0.4, 0.5) is 4.39 Å². The van der Waals surface area contributed by atoms with Gasteiger partial charge in [0.05, 0.1) is 4.90 Å². The molecular weight excluding hydrogens is 441 g/mol. The van der Waals surface area contributed by atoms with Crippen molar-refractivity contribution in [3.05, 3.63) is 53.3 Å². The molecular formula is C20H26FN5O5S. The first-order chi connectivity index (χ1) is 15.0. The minimum Gasteiger partial charge on any atom is -0.454 e. The molecule has 10 nitrogen and oxygen atoms in total. The predicted molar refractivity (Wildman–Crippen MR) is 116 cm³/mol. The second kappa shape index (κ2) is 10.9. The summed E-state index contributed by atoms with van der Waals surface area (Å²) in [6.45, 7) is 3.95. The predicted octanol–water partition coefficient (Wildman–Crippen LogP) is 1.65. The van der Waals surface area contributed by atoms with Crippen molar-refractivity contribution in [2.75, 3.05) is 6.54 Å². The number of carbonyl (C=O) groups is 1. The molecule has 1 atom stereocenters. The zero-order valence-corrected chi connectivity index (χ0v) is 18.4. The second-order valence-electron chi connectivity index (χ2n) is 7.15. The second-order valence-corrected chi connectivity index (χ2v) is 8.86. The minimum atomic E-state index is -4.30. The molecule has 0 aliphatic carbocycles. The highest BCUT2D eigenvalue weighted by Gasteiger charge is 2.26. The SMILES string of the molecule is Cc1cc(C)cc(Oc2ccc(S(=O)(=O)N[C@H](CCCNC(=N)N)C(=O)NO)cc2F)c1. The molecule has 0 saturated heterocycles. The van der Waals surface area contributed by atoms with E-state index in [9.17, 15) is 17.6 Å². The van der Waals surface area contributed by atoms with E-state index in [4.69, 9.17) is 21.1 Å². The number of hydrogen-bond donors (Lipinski definition) is 6. The van der Waals surface area contributed by atoms with Crippen molar-refractivity contribution in [1.82, 2.24) is 15.5 Å². The van der Waals surface area contributed by atoms with Crippen LogP contribution in [0.25, 0.3) is 0 Å². The van der Waals surface area contributed by atoms with E-state index in [1.165, 1.54) is 11.5 Å². The van der Waals surface area contributed by atoms with Gasteiger partial charge in [0.2, 0.25) is 10.0 Å². The van der Waals surface area contributed by atoms with Crippen LogP contribution >= 0.6 is 0 Å². The number of nitrogens with one attached hydrogen (secondary N) is 4. The van der Waals surface area contributed by atoms with Gasteiger partial charge in [0.15, 0.2) is 17.5 Å². The zero-order chi connectivity index (χ0) is 23.9. The molecule has 2 rings (SSSR count). The lowest BCUT2D eigenvalue weighted by molar-refractivity contribution is -0.131. The molecule has 0 bridgehead atoms. The van der Waals surface area contributed by atoms with Gasteiger partial charge >= 0.3 is 0 Å². The monoisotopic (exact) mass is 467 g/mol. The molecule has 2 aromatic carbocycles. The summed E-state index contributed by atoms with van der Waals surface area (Å²) in [7, 11) is -4.30. The van der Waals surface area contributed by atoms with E-state index in [2.05, 4.69) is 10.0 Å². The number of nitrogens with two attached hydrogens (primary N) is 1. The summed E-state index contributed by atoms with van der Waals surface area (Å²) in [5.74, 6) is -1.90. The van der Waals surface area contributed by atoms with Gasteiger partial charge < -0.3 is 15.8 Å². The number of sulfonamides is 1. The fraction of sp³-hybridized carbons (Fsp3) is 0.300. The zero-order valence-electron chi connectivity index (χ0n) is 17.6. The molecule has 0 radical (unpaired) electrons. The molecule has 2 aromatic rings. The van der Waals surface area contributed by atoms with E-state index in [1.807, 2.05) is 19.9 Å². The topological polar surface area (TPSA) is 167 Å². The molecule has 32 heavy (non-hydrogen) atoms. The Kier molecular flexibility index (Phi) is 8.52. The van der Waals surface area contributed by atoms with E-state index in [0.717, 1.165) is 23.3 Å². The van der Waals surface area contributed by atoms with Crippen LogP contribution in [0.3, 0.4) is 0 Å². The Labute approximate surface area is 185 Å². The highest BCUT2D eigenvalue weighted by molar-refractivity contribution is 7.89. The maximum atomic E-state index is 14.6. The molecule has 12 heteroatoms. The summed E-state index contributed by atoms with van der Waals surface area (Å²) in [5.41, 5.74) is 8.41. The molecule has 0 heterocycles. The molecule has 0 aromatic heterocycles. The van der Waals surface area contributed by atoms with Gasteiger partial charge in [-0.1, -0.05) is 6.07 Å². The highest BCUT2D eigenvalue weighted by Crippen LogP contribution is 2.28. The average molecular weight is 468 g/mol. The number of halogens is 1. The number of ether oxygens (including phenoxy) is 1. The first-order valence-corrected chi connectivity index (χ1v) is 11.1. The Morgan fingerprint density at radius 1 is 1.22 bits per heavy atom. The van der Waals surface area contributed by atoms with Gasteiger partial charge in [-0.05, 0) is 68.1 Å². The summed E-state index contributed by atoms with van der Waals surface area (Å²) in [6, 6.07) is 7.15. The van der Waals surface area contributed by atoms with Crippen molar-refractivity contribution in [3.63, 3.8) is 0 Å². The Morgan fingerprint density at radius 2 is 1.88 bits per heavy atom. The van der Waals surface area contributed by atoms with Crippen LogP contribution in [-0.2, 0) is 14.8 Å². The van der Waals surface area contributed by atoms with Crippen molar-refractivity contribution in [2.45, 2.75) is 37.6 Å². The third-order valence-corrected chi connectivity index (χ3v) is 5.82. The third kappa shape index (κ3) is 7.18. The standard InChI is InChI=1S/C20H26FN5O5S/c1-12-8-13(2)10-14(9-12)31-18-6-5-15(11-16(18)21)32(29,30)26-17(19(27)25-28)4-3-7-24-20(22)23/h5-6,8-11,17,26,28H,3-4,7H2,1-2H3,(H,25,27)(H4,22,23,24)/t17-/m1/s1. The normalized spacial score (nSPS) is 12.1. The molecule has 0 aliphatic rings. The Bertz CT molecular complexity index is 1070. The Morgan fingerprint density at radius 3 is 2.44 bits per heavy atom. The Balaban J connectivity index is 2.16. The molecule has 1 amide bonds. The van der Waals surface area contributed by atoms with Crippen LogP contribution in [-0.4, -0.2) is 38.1 Å². The molecule has 7 N–H and O–H groups in total. The molecule has 0 fully saturated rings. The van der Waals surface area contributed by atoms with Crippen molar-refractivity contribution >= 4 is 21.9 Å². The number of amides is 1. The van der Waals surface area contributed by atoms with Gasteiger partial charge in [0, 0.05) is 6.54 Å². The minimum absolute atomic E-state index is 0.0116. The molecule has 0 saturated carbocycles. The van der Waals surface area contributed by atoms with Crippen LogP contribution in [0.15, 0.2) is 41.3 Å². The van der Waals surface area contributed by atoms with E-state index in [-0.39, 0.29) is 31.1 Å². The van der Waals surface area contributed by atoms with Gasteiger partial charge in [-0.15, -0.1) is 0 Å². The van der Waals surface area contributed by atoms with E-state index in [1.54, 1.807) is 12.1 Å². The van der Waals surface area contributed by atoms with Gasteiger partial charge in [-0.2, -0.15) is 4.72 Å². The van der Waals surface area contributed by atoms with Gasteiger partial charge in [0.1, 0.15) is 11.8 Å². The highest BCUT2D eigenvalue weighted by atomic mass is 32.2. The van der Waals surface area contributed by atoms with Crippen molar-refractivity contribution < 1.29 is 27.5 Å². The Hall–Kier alpha value is -3.22. The van der Waals surface area contributed by atoms with Gasteiger partial charge in [-0.25, -0.2) is 18.3 Å². The lowest BCUT2D eigenvalue weighted by atomic mass is 10.1. The molecule has 0 aliphatic heterocycles. The van der Waals surface area contributed by atoms with Crippen LogP contribution in [0.5, 0.6) is 11.5 Å². The summed E-state index contributed by atoms with van der Waals surface area (Å²) < 4.78 is 47.6. The van der Waals surface area contributed by atoms with E-state index < -0.39 is 32.7 Å². The van der Waals surface area contributed by atoms with E-state index in [0.29, 0.717) is 5.75 Å². The average Bonchev–Trinajstić information content (AvgIpc) is 2.70. The fourth-order valence-electron chi connectivity index (χ4n) is 2.96. The number of hydrogen-bond acceptors (Lipinski definition) is 6. The lowest BCUT2D eigenvalue weighted by Gasteiger charge is -2.17. The summed E-state index contributed by atoms with van der Waals surface area (Å²) >= 11 is 0. The third-order valence-electron chi connectivity index (χ3n) is 4.35. The van der Waals surface area contributed by atoms with E-state index >= 15 is 0 Å². The molecule has 0 unspecified atom stereocenters. The number of hydroxylamine groups is 1. The fourth-order valence-corrected chi connectivity index (χ4v) is 4.20. The number of benzene rings is 2. The van der Waals surface area contributed by atoms with Crippen LogP contribution in [0, 0.1) is 25.1 Å². The largest absolute Gasteiger partial charge is 0.454 e. The number of aryl methyl sites for hydroxylation is 2. The maximum Gasteiger partial charge on any atom is 0.261 e. The quantitative estimate of drug-likeness (QED) is 0.102. The first-order valence-electron chi connectivity index (χ1n) is 9.61. The van der Waals surface area contributed by atoms with Crippen molar-refractivity contribution in [1.29, 1.82) is 5.41 Å². The van der Waals surface area contributed by atoms with Gasteiger partial charge in [-0.3, -0.25) is 15.4 Å². The first kappa shape index (κ1) is 25.0. The number of carbonyl (C=O) groups excluding carboxylic acids is 1. The van der Waals surface area contributed by atoms with Crippen molar-refractivity contribution in [3.8, 4) is 11.5 Å². The lowest BCUT2D eigenvalue weighted by Crippen LogP contribution is -2.46. The number of rotatable bonds is 10. The maximum absolute atomic E-state index is 14.6. The summed E-state index contributed by atoms with van der Waals surface area (Å²) in [5, 5.41) is 18.5. The van der Waals surface area contributed by atoms with Gasteiger partial charge in [0.25, 0.3) is 5.91 Å². The van der Waals surface area contributed by atoms with Crippen LogP contribution < -0.4 is 26.0 Å². The molecule has 0 spiro atoms. The smallest absolute Gasteiger partial charge is 0.261 e. The summed E-state index contributed by atoms with van der Waals surface area (Å²) in [6.07, 6.45) is 0.250. The van der Waals surface area contributed by atoms with Crippen molar-refractivity contribution in [2.24, 2.45) is 5.73 Å². The van der Waals surface area contributed by atoms with Crippen LogP contribution in [0.1, 0.15) is 24.0 Å². The number of guanidine groups is 1.